The Kier molecular flexibility index (Phi) is 5.57. The maximum atomic E-state index is 11.0. The molecule has 0 aliphatic rings. The van der Waals surface area contributed by atoms with Crippen LogP contribution in [0.25, 0.3) is 0 Å². The number of aryl methyl sites for hydroxylation is 2. The fourth-order valence-corrected chi connectivity index (χ4v) is 2.53. The van der Waals surface area contributed by atoms with Crippen molar-refractivity contribution in [1.82, 2.24) is 9.97 Å². The summed E-state index contributed by atoms with van der Waals surface area (Å²) in [5, 5.41) is 9.01. The first-order valence-electron chi connectivity index (χ1n) is 6.80. The van der Waals surface area contributed by atoms with Crippen molar-refractivity contribution in [2.45, 2.75) is 58.5 Å². The van der Waals surface area contributed by atoms with Gasteiger partial charge in [-0.3, -0.25) is 4.79 Å². The topological polar surface area (TPSA) is 63.1 Å². The second kappa shape index (κ2) is 6.57. The van der Waals surface area contributed by atoms with Crippen molar-refractivity contribution >= 4 is 17.7 Å². The highest BCUT2D eigenvalue weighted by Crippen LogP contribution is 2.26. The van der Waals surface area contributed by atoms with Gasteiger partial charge in [0.15, 0.2) is 0 Å². The predicted molar refractivity (Wildman–Crippen MR) is 83.1 cm³/mol. The normalized spacial score (nSPS) is 13.3. The molecule has 0 bridgehead atoms. The monoisotopic (exact) mass is 296 g/mol. The molecular formula is C15H24N2O2S. The molecule has 1 N–H and O–H groups in total. The third-order valence-electron chi connectivity index (χ3n) is 3.03. The van der Waals surface area contributed by atoms with Crippen LogP contribution in [0.15, 0.2) is 0 Å². The molecule has 0 saturated heterocycles. The van der Waals surface area contributed by atoms with Crippen molar-refractivity contribution in [2.24, 2.45) is 5.92 Å². The Morgan fingerprint density at radius 1 is 1.25 bits per heavy atom. The molecule has 1 heterocycles. The Hall–Kier alpha value is -1.10. The quantitative estimate of drug-likeness (QED) is 0.902. The van der Waals surface area contributed by atoms with E-state index < -0.39 is 11.9 Å². The lowest BCUT2D eigenvalue weighted by Crippen LogP contribution is -2.16. The van der Waals surface area contributed by atoms with Gasteiger partial charge in [0.1, 0.15) is 5.82 Å². The summed E-state index contributed by atoms with van der Waals surface area (Å²) < 4.78 is 0.182. The van der Waals surface area contributed by atoms with Crippen LogP contribution in [0, 0.1) is 19.8 Å². The van der Waals surface area contributed by atoms with Gasteiger partial charge in [-0.25, -0.2) is 9.97 Å². The third-order valence-corrected chi connectivity index (χ3v) is 4.30. The van der Waals surface area contributed by atoms with E-state index in [0.717, 1.165) is 28.5 Å². The van der Waals surface area contributed by atoms with Crippen molar-refractivity contribution in [1.29, 1.82) is 0 Å². The largest absolute Gasteiger partial charge is 0.481 e. The minimum atomic E-state index is -0.781. The molecule has 20 heavy (non-hydrogen) atoms. The van der Waals surface area contributed by atoms with Gasteiger partial charge in [-0.2, -0.15) is 0 Å². The summed E-state index contributed by atoms with van der Waals surface area (Å²) in [6.45, 7) is 12.1. The van der Waals surface area contributed by atoms with E-state index in [1.165, 1.54) is 0 Å². The van der Waals surface area contributed by atoms with E-state index in [-0.39, 0.29) is 4.75 Å². The number of carbonyl (C=O) groups is 1. The zero-order chi connectivity index (χ0) is 15.5. The van der Waals surface area contributed by atoms with E-state index in [0.29, 0.717) is 6.42 Å². The van der Waals surface area contributed by atoms with E-state index in [1.807, 2.05) is 25.6 Å². The van der Waals surface area contributed by atoms with Gasteiger partial charge >= 0.3 is 5.97 Å². The molecule has 0 aromatic carbocycles. The summed E-state index contributed by atoms with van der Waals surface area (Å²) in [6.07, 6.45) is 0.486. The SMILES string of the molecule is Cc1nc(CSC(C)(C)C)nc(C)c1CC(C)C(=O)O. The molecule has 0 saturated carbocycles. The maximum absolute atomic E-state index is 11.0. The van der Waals surface area contributed by atoms with Crippen LogP contribution in [0.3, 0.4) is 0 Å². The standard InChI is InChI=1S/C15H24N2O2S/c1-9(14(18)19)7-12-10(2)16-13(17-11(12)3)8-20-15(4,5)6/h9H,7-8H2,1-6H3,(H,18,19). The van der Waals surface area contributed by atoms with Crippen LogP contribution in [0.4, 0.5) is 0 Å². The van der Waals surface area contributed by atoms with E-state index in [4.69, 9.17) is 5.11 Å². The van der Waals surface area contributed by atoms with E-state index >= 15 is 0 Å². The average molecular weight is 296 g/mol. The Bertz CT molecular complexity index is 472. The number of carboxylic acids is 1. The highest BCUT2D eigenvalue weighted by Gasteiger charge is 2.18. The first-order valence-corrected chi connectivity index (χ1v) is 7.78. The number of rotatable bonds is 5. The number of nitrogens with zero attached hydrogens (tertiary/aromatic N) is 2. The predicted octanol–water partition coefficient (Wildman–Crippen LogP) is 3.39. The van der Waals surface area contributed by atoms with E-state index in [1.54, 1.807) is 6.92 Å². The first kappa shape index (κ1) is 17.0. The summed E-state index contributed by atoms with van der Waals surface area (Å²) in [5.74, 6) is 0.411. The van der Waals surface area contributed by atoms with E-state index in [9.17, 15) is 4.79 Å². The zero-order valence-corrected chi connectivity index (χ0v) is 14.0. The van der Waals surface area contributed by atoms with Crippen molar-refractivity contribution in [3.8, 4) is 0 Å². The molecule has 112 valence electrons. The van der Waals surface area contributed by atoms with Crippen LogP contribution in [0.5, 0.6) is 0 Å². The number of aliphatic carboxylic acids is 1. The molecule has 0 spiro atoms. The van der Waals surface area contributed by atoms with Gasteiger partial charge in [0.25, 0.3) is 0 Å². The molecule has 0 fully saturated rings. The molecule has 5 heteroatoms. The van der Waals surface area contributed by atoms with Crippen LogP contribution in [0.2, 0.25) is 0 Å². The van der Waals surface area contributed by atoms with Crippen molar-refractivity contribution in [3.05, 3.63) is 22.8 Å². The Morgan fingerprint density at radius 3 is 2.15 bits per heavy atom. The lowest BCUT2D eigenvalue weighted by atomic mass is 9.99. The van der Waals surface area contributed by atoms with Crippen LogP contribution < -0.4 is 0 Å². The number of aromatic nitrogens is 2. The molecular weight excluding hydrogens is 272 g/mol. The molecule has 0 aliphatic carbocycles. The number of carboxylic acid groups (broad SMARTS) is 1. The molecule has 0 amide bonds. The lowest BCUT2D eigenvalue weighted by molar-refractivity contribution is -0.141. The summed E-state index contributed by atoms with van der Waals surface area (Å²) in [4.78, 5) is 20.0. The molecule has 4 nitrogen and oxygen atoms in total. The average Bonchev–Trinajstić information content (AvgIpc) is 2.29. The van der Waals surface area contributed by atoms with Crippen LogP contribution in [-0.4, -0.2) is 25.8 Å². The molecule has 1 rings (SSSR count). The minimum absolute atomic E-state index is 0.182. The van der Waals surface area contributed by atoms with Gasteiger partial charge in [0.2, 0.25) is 0 Å². The highest BCUT2D eigenvalue weighted by atomic mass is 32.2. The fraction of sp³-hybridized carbons (Fsp3) is 0.667. The zero-order valence-electron chi connectivity index (χ0n) is 13.1. The highest BCUT2D eigenvalue weighted by molar-refractivity contribution is 7.99. The lowest BCUT2D eigenvalue weighted by Gasteiger charge is -2.18. The van der Waals surface area contributed by atoms with Gasteiger partial charge < -0.3 is 5.11 Å². The summed E-state index contributed by atoms with van der Waals surface area (Å²) >= 11 is 1.81. The van der Waals surface area contributed by atoms with Crippen LogP contribution in [-0.2, 0) is 17.0 Å². The van der Waals surface area contributed by atoms with Gasteiger partial charge in [-0.05, 0) is 25.8 Å². The molecule has 1 aromatic rings. The second-order valence-corrected chi connectivity index (χ2v) is 7.94. The van der Waals surface area contributed by atoms with Crippen molar-refractivity contribution < 1.29 is 9.90 Å². The maximum Gasteiger partial charge on any atom is 0.306 e. The molecule has 1 aromatic heterocycles. The minimum Gasteiger partial charge on any atom is -0.481 e. The summed E-state index contributed by atoms with van der Waals surface area (Å²) in [5.41, 5.74) is 2.76. The Balaban J connectivity index is 2.89. The van der Waals surface area contributed by atoms with Gasteiger partial charge in [0, 0.05) is 16.1 Å². The Labute approximate surface area is 125 Å². The molecule has 1 atom stereocenters. The molecule has 0 aliphatic heterocycles. The summed E-state index contributed by atoms with van der Waals surface area (Å²) in [6, 6.07) is 0. The third kappa shape index (κ3) is 5.12. The smallest absolute Gasteiger partial charge is 0.306 e. The van der Waals surface area contributed by atoms with Gasteiger partial charge in [-0.15, -0.1) is 11.8 Å². The van der Waals surface area contributed by atoms with Crippen molar-refractivity contribution in [2.75, 3.05) is 0 Å². The van der Waals surface area contributed by atoms with Crippen molar-refractivity contribution in [3.63, 3.8) is 0 Å². The molecule has 0 radical (unpaired) electrons. The fourth-order valence-electron chi connectivity index (χ4n) is 1.84. The number of hydrogen-bond acceptors (Lipinski definition) is 4. The summed E-state index contributed by atoms with van der Waals surface area (Å²) in [7, 11) is 0. The molecule has 1 unspecified atom stereocenters. The number of hydrogen-bond donors (Lipinski definition) is 1. The van der Waals surface area contributed by atoms with E-state index in [2.05, 4.69) is 30.7 Å². The van der Waals surface area contributed by atoms with Crippen LogP contribution >= 0.6 is 11.8 Å². The van der Waals surface area contributed by atoms with Gasteiger partial charge in [0.05, 0.1) is 11.7 Å². The van der Waals surface area contributed by atoms with Gasteiger partial charge in [-0.1, -0.05) is 27.7 Å². The second-order valence-electron chi connectivity index (χ2n) is 6.13. The number of thioether (sulfide) groups is 1. The van der Waals surface area contributed by atoms with Crippen LogP contribution in [0.1, 0.15) is 50.5 Å². The first-order chi connectivity index (χ1) is 9.10. The Morgan fingerprint density at radius 2 is 1.75 bits per heavy atom.